The van der Waals surface area contributed by atoms with E-state index in [0.29, 0.717) is 12.8 Å². The van der Waals surface area contributed by atoms with Crippen molar-refractivity contribution in [3.05, 3.63) is 34.2 Å². The Hall–Kier alpha value is -1.30. The van der Waals surface area contributed by atoms with E-state index in [1.807, 2.05) is 6.92 Å². The van der Waals surface area contributed by atoms with Gasteiger partial charge in [-0.25, -0.2) is 0 Å². The first-order valence-electron chi connectivity index (χ1n) is 5.34. The summed E-state index contributed by atoms with van der Waals surface area (Å²) in [7, 11) is 0. The molecule has 1 heterocycles. The van der Waals surface area contributed by atoms with Crippen molar-refractivity contribution >= 4 is 0 Å². The molecule has 1 aromatic heterocycles. The maximum atomic E-state index is 12.4. The van der Waals surface area contributed by atoms with E-state index in [2.05, 4.69) is 0 Å². The fourth-order valence-electron chi connectivity index (χ4n) is 1.46. The van der Waals surface area contributed by atoms with Crippen LogP contribution in [-0.4, -0.2) is 10.6 Å². The van der Waals surface area contributed by atoms with Crippen LogP contribution in [0.4, 0.5) is 13.2 Å². The summed E-state index contributed by atoms with van der Waals surface area (Å²) in [5.41, 5.74) is 4.29. The first-order chi connectivity index (χ1) is 7.80. The summed E-state index contributed by atoms with van der Waals surface area (Å²) in [5, 5.41) is 0. The molecule has 1 aromatic rings. The number of hydrogen-bond donors (Lipinski definition) is 1. The average molecular weight is 248 g/mol. The van der Waals surface area contributed by atoms with E-state index in [-0.39, 0.29) is 12.6 Å². The number of halogens is 3. The van der Waals surface area contributed by atoms with Crippen LogP contribution >= 0.6 is 0 Å². The second-order valence-electron chi connectivity index (χ2n) is 4.07. The van der Waals surface area contributed by atoms with Gasteiger partial charge in [0.1, 0.15) is 0 Å². The molecule has 0 aliphatic heterocycles. The van der Waals surface area contributed by atoms with Gasteiger partial charge in [-0.05, 0) is 25.8 Å². The van der Waals surface area contributed by atoms with Crippen LogP contribution in [0.25, 0.3) is 0 Å². The van der Waals surface area contributed by atoms with Crippen molar-refractivity contribution in [2.75, 3.05) is 0 Å². The van der Waals surface area contributed by atoms with Gasteiger partial charge >= 0.3 is 6.18 Å². The van der Waals surface area contributed by atoms with Crippen molar-refractivity contribution in [3.63, 3.8) is 0 Å². The van der Waals surface area contributed by atoms with Crippen LogP contribution in [0.1, 0.15) is 25.3 Å². The molecule has 0 bridgehead atoms. The molecule has 0 aromatic carbocycles. The van der Waals surface area contributed by atoms with Crippen molar-refractivity contribution in [2.24, 2.45) is 5.73 Å². The summed E-state index contributed by atoms with van der Waals surface area (Å²) < 4.78 is 38.3. The van der Waals surface area contributed by atoms with E-state index in [0.717, 1.165) is 22.9 Å². The van der Waals surface area contributed by atoms with Gasteiger partial charge in [0, 0.05) is 24.8 Å². The number of nitrogens with two attached hydrogens (primary N) is 1. The van der Waals surface area contributed by atoms with Gasteiger partial charge in [-0.1, -0.05) is 0 Å². The number of hydrogen-bond acceptors (Lipinski definition) is 2. The zero-order chi connectivity index (χ0) is 13.1. The van der Waals surface area contributed by atoms with Crippen LogP contribution in [0.3, 0.4) is 0 Å². The number of rotatable bonds is 4. The quantitative estimate of drug-likeness (QED) is 0.885. The monoisotopic (exact) mass is 248 g/mol. The van der Waals surface area contributed by atoms with Gasteiger partial charge in [0.15, 0.2) is 0 Å². The van der Waals surface area contributed by atoms with Crippen molar-refractivity contribution in [1.29, 1.82) is 0 Å². The lowest BCUT2D eigenvalue weighted by Gasteiger charge is -2.11. The third-order valence-corrected chi connectivity index (χ3v) is 2.37. The minimum atomic E-state index is -4.42. The van der Waals surface area contributed by atoms with Crippen LogP contribution in [0, 0.1) is 0 Å². The molecule has 0 saturated carbocycles. The van der Waals surface area contributed by atoms with E-state index in [1.165, 1.54) is 0 Å². The second kappa shape index (κ2) is 5.35. The number of aryl methyl sites for hydroxylation is 1. The third-order valence-electron chi connectivity index (χ3n) is 2.37. The summed E-state index contributed by atoms with van der Waals surface area (Å²) in [6.45, 7) is 2.07. The maximum absolute atomic E-state index is 12.4. The van der Waals surface area contributed by atoms with Crippen molar-refractivity contribution in [1.82, 2.24) is 4.57 Å². The van der Waals surface area contributed by atoms with Gasteiger partial charge in [-0.15, -0.1) is 0 Å². The van der Waals surface area contributed by atoms with E-state index in [4.69, 9.17) is 5.73 Å². The van der Waals surface area contributed by atoms with Gasteiger partial charge in [-0.3, -0.25) is 4.79 Å². The Morgan fingerprint density at radius 1 is 1.41 bits per heavy atom. The Bertz CT molecular complexity index is 423. The minimum absolute atomic E-state index is 0.0171. The van der Waals surface area contributed by atoms with Crippen LogP contribution < -0.4 is 11.3 Å². The lowest BCUT2D eigenvalue weighted by atomic mass is 10.2. The Labute approximate surface area is 97.0 Å². The first kappa shape index (κ1) is 13.8. The van der Waals surface area contributed by atoms with Gasteiger partial charge in [0.25, 0.3) is 5.56 Å². The van der Waals surface area contributed by atoms with E-state index in [9.17, 15) is 18.0 Å². The van der Waals surface area contributed by atoms with E-state index >= 15 is 0 Å². The maximum Gasteiger partial charge on any atom is 0.417 e. The molecular formula is C11H15F3N2O. The highest BCUT2D eigenvalue weighted by molar-refractivity contribution is 5.13. The molecule has 0 saturated heterocycles. The van der Waals surface area contributed by atoms with Crippen LogP contribution in [0.15, 0.2) is 23.1 Å². The molecule has 0 spiro atoms. The molecule has 0 fully saturated rings. The Kier molecular flexibility index (Phi) is 4.34. The van der Waals surface area contributed by atoms with Gasteiger partial charge < -0.3 is 10.3 Å². The van der Waals surface area contributed by atoms with Crippen LogP contribution in [0.2, 0.25) is 0 Å². The molecule has 2 N–H and O–H groups in total. The fraction of sp³-hybridized carbons (Fsp3) is 0.545. The van der Waals surface area contributed by atoms with Crippen molar-refractivity contribution in [3.8, 4) is 0 Å². The normalized spacial score (nSPS) is 13.7. The molecule has 1 atom stereocenters. The highest BCUT2D eigenvalue weighted by Crippen LogP contribution is 2.28. The highest BCUT2D eigenvalue weighted by atomic mass is 19.4. The molecule has 96 valence electrons. The molecule has 1 rings (SSSR count). The van der Waals surface area contributed by atoms with Crippen LogP contribution in [-0.2, 0) is 12.7 Å². The molecule has 0 radical (unpaired) electrons. The molecular weight excluding hydrogens is 233 g/mol. The van der Waals surface area contributed by atoms with Crippen molar-refractivity contribution in [2.45, 2.75) is 38.5 Å². The predicted octanol–water partition coefficient (Wildman–Crippen LogP) is 1.99. The van der Waals surface area contributed by atoms with Crippen molar-refractivity contribution < 1.29 is 13.2 Å². The lowest BCUT2D eigenvalue weighted by Crippen LogP contribution is -2.23. The molecule has 1 unspecified atom stereocenters. The molecule has 0 aliphatic rings. The molecule has 0 aliphatic carbocycles. The summed E-state index contributed by atoms with van der Waals surface area (Å²) in [5.74, 6) is 0. The second-order valence-corrected chi connectivity index (χ2v) is 4.07. The number of aromatic nitrogens is 1. The largest absolute Gasteiger partial charge is 0.417 e. The minimum Gasteiger partial charge on any atom is -0.328 e. The zero-order valence-corrected chi connectivity index (χ0v) is 9.50. The zero-order valence-electron chi connectivity index (χ0n) is 9.50. The van der Waals surface area contributed by atoms with Gasteiger partial charge in [0.2, 0.25) is 0 Å². The summed E-state index contributed by atoms with van der Waals surface area (Å²) >= 11 is 0. The number of pyridine rings is 1. The standard InChI is InChI=1S/C11H15F3N2O/c1-8(15)3-2-6-16-7-9(11(12,13)14)4-5-10(16)17/h4-5,7-8H,2-3,6,15H2,1H3. The Morgan fingerprint density at radius 3 is 2.59 bits per heavy atom. The average Bonchev–Trinajstić information content (AvgIpc) is 2.18. The Morgan fingerprint density at radius 2 is 2.06 bits per heavy atom. The van der Waals surface area contributed by atoms with E-state index < -0.39 is 17.3 Å². The molecule has 3 nitrogen and oxygen atoms in total. The summed E-state index contributed by atoms with van der Waals surface area (Å²) in [6.07, 6.45) is -2.32. The van der Waals surface area contributed by atoms with Gasteiger partial charge in [0.05, 0.1) is 5.56 Å². The number of alkyl halides is 3. The summed E-state index contributed by atoms with van der Waals surface area (Å²) in [6, 6.07) is 1.72. The smallest absolute Gasteiger partial charge is 0.328 e. The number of nitrogens with zero attached hydrogens (tertiary/aromatic N) is 1. The third kappa shape index (κ3) is 4.22. The fourth-order valence-corrected chi connectivity index (χ4v) is 1.46. The molecule has 17 heavy (non-hydrogen) atoms. The highest BCUT2D eigenvalue weighted by Gasteiger charge is 2.30. The summed E-state index contributed by atoms with van der Waals surface area (Å²) in [4.78, 5) is 11.3. The molecule has 0 amide bonds. The SMILES string of the molecule is CC(N)CCCn1cc(C(F)(F)F)ccc1=O. The van der Waals surface area contributed by atoms with E-state index in [1.54, 1.807) is 0 Å². The Balaban J connectivity index is 2.81. The molecule has 6 heteroatoms. The topological polar surface area (TPSA) is 48.0 Å². The predicted molar refractivity (Wildman–Crippen MR) is 58.6 cm³/mol. The lowest BCUT2D eigenvalue weighted by molar-refractivity contribution is -0.138. The van der Waals surface area contributed by atoms with Crippen LogP contribution in [0.5, 0.6) is 0 Å². The van der Waals surface area contributed by atoms with Gasteiger partial charge in [-0.2, -0.15) is 13.2 Å². The first-order valence-corrected chi connectivity index (χ1v) is 5.34.